The first kappa shape index (κ1) is 25.4. The highest BCUT2D eigenvalue weighted by Gasteiger charge is 2.22. The number of likely N-dealkylation sites (tertiary alicyclic amines) is 1. The Labute approximate surface area is 177 Å². The molecule has 1 unspecified atom stereocenters. The van der Waals surface area contributed by atoms with E-state index in [1.807, 2.05) is 0 Å². The first-order valence-corrected chi connectivity index (χ1v) is 9.92. The fraction of sp³-hybridized carbons (Fsp3) is 0.895. The van der Waals surface area contributed by atoms with E-state index in [9.17, 15) is 4.79 Å². The molecule has 26 heavy (non-hydrogen) atoms. The van der Waals surface area contributed by atoms with Crippen LogP contribution in [0, 0.1) is 5.92 Å². The van der Waals surface area contributed by atoms with Crippen LogP contribution in [0.15, 0.2) is 4.99 Å². The number of carbonyl (C=O) groups excluding carboxylic acids is 1. The Hall–Kier alpha value is -0.570. The van der Waals surface area contributed by atoms with Crippen LogP contribution in [-0.2, 0) is 4.79 Å². The third-order valence-corrected chi connectivity index (χ3v) is 4.79. The summed E-state index contributed by atoms with van der Waals surface area (Å²) in [4.78, 5) is 20.8. The van der Waals surface area contributed by atoms with Gasteiger partial charge in [-0.15, -0.1) is 24.0 Å². The molecule has 0 spiro atoms. The summed E-state index contributed by atoms with van der Waals surface area (Å²) in [6.45, 7) is 11.3. The van der Waals surface area contributed by atoms with Crippen LogP contribution in [0.3, 0.4) is 0 Å². The van der Waals surface area contributed by atoms with Crippen molar-refractivity contribution in [2.45, 2.75) is 58.9 Å². The van der Waals surface area contributed by atoms with E-state index in [2.05, 4.69) is 36.3 Å². The Morgan fingerprint density at radius 3 is 2.23 bits per heavy atom. The lowest BCUT2D eigenvalue weighted by Gasteiger charge is -2.32. The van der Waals surface area contributed by atoms with E-state index in [-0.39, 0.29) is 29.9 Å². The number of rotatable bonds is 8. The van der Waals surface area contributed by atoms with E-state index < -0.39 is 0 Å². The van der Waals surface area contributed by atoms with Gasteiger partial charge in [0.15, 0.2) is 5.96 Å². The second kappa shape index (κ2) is 14.5. The SMILES string of the molecule is CCNC(=NCC(C(C)C)N1CCCCCC1)NCCC(=O)N(C)C.I. The molecular weight excluding hydrogens is 441 g/mol. The number of halogens is 1. The average Bonchev–Trinajstić information content (AvgIpc) is 2.83. The molecule has 7 heteroatoms. The third kappa shape index (κ3) is 9.94. The Kier molecular flexibility index (Phi) is 14.2. The van der Waals surface area contributed by atoms with E-state index in [0.717, 1.165) is 19.0 Å². The summed E-state index contributed by atoms with van der Waals surface area (Å²) < 4.78 is 0. The Morgan fingerprint density at radius 2 is 1.73 bits per heavy atom. The summed E-state index contributed by atoms with van der Waals surface area (Å²) in [5.74, 6) is 1.53. The molecule has 1 fully saturated rings. The van der Waals surface area contributed by atoms with E-state index in [1.165, 1.54) is 38.8 Å². The Balaban J connectivity index is 0.00000625. The van der Waals surface area contributed by atoms with Crippen molar-refractivity contribution in [2.24, 2.45) is 10.9 Å². The summed E-state index contributed by atoms with van der Waals surface area (Å²) >= 11 is 0. The van der Waals surface area contributed by atoms with Crippen molar-refractivity contribution in [3.8, 4) is 0 Å². The normalized spacial score (nSPS) is 17.2. The molecule has 0 aromatic carbocycles. The molecule has 0 saturated carbocycles. The van der Waals surface area contributed by atoms with E-state index >= 15 is 0 Å². The molecule has 0 aromatic heterocycles. The number of nitrogens with zero attached hydrogens (tertiary/aromatic N) is 3. The van der Waals surface area contributed by atoms with Crippen LogP contribution in [0.4, 0.5) is 0 Å². The molecule has 6 nitrogen and oxygen atoms in total. The second-order valence-electron chi connectivity index (χ2n) is 7.45. The highest BCUT2D eigenvalue weighted by Crippen LogP contribution is 2.17. The van der Waals surface area contributed by atoms with Crippen molar-refractivity contribution in [1.29, 1.82) is 0 Å². The molecule has 2 N–H and O–H groups in total. The van der Waals surface area contributed by atoms with Crippen molar-refractivity contribution in [3.63, 3.8) is 0 Å². The van der Waals surface area contributed by atoms with Crippen molar-refractivity contribution in [3.05, 3.63) is 0 Å². The van der Waals surface area contributed by atoms with Crippen molar-refractivity contribution in [2.75, 3.05) is 46.8 Å². The Bertz CT molecular complexity index is 407. The number of amides is 1. The smallest absolute Gasteiger partial charge is 0.223 e. The van der Waals surface area contributed by atoms with Gasteiger partial charge in [0.05, 0.1) is 6.54 Å². The van der Waals surface area contributed by atoms with Gasteiger partial charge >= 0.3 is 0 Å². The van der Waals surface area contributed by atoms with Crippen LogP contribution in [-0.4, -0.2) is 74.5 Å². The number of hydrogen-bond donors (Lipinski definition) is 2. The Morgan fingerprint density at radius 1 is 1.12 bits per heavy atom. The standard InChI is InChI=1S/C19H39N5O.HI/c1-6-20-19(21-12-11-18(25)23(4)5)22-15-17(16(2)3)24-13-9-7-8-10-14-24;/h16-17H,6-15H2,1-5H3,(H2,20,21,22);1H. The molecule has 1 heterocycles. The molecule has 1 rings (SSSR count). The van der Waals surface area contributed by atoms with E-state index in [4.69, 9.17) is 4.99 Å². The molecule has 1 atom stereocenters. The van der Waals surface area contributed by atoms with Gasteiger partial charge in [-0.2, -0.15) is 0 Å². The summed E-state index contributed by atoms with van der Waals surface area (Å²) in [5.41, 5.74) is 0. The minimum Gasteiger partial charge on any atom is -0.357 e. The molecule has 0 aliphatic carbocycles. The minimum atomic E-state index is 0. The zero-order valence-electron chi connectivity index (χ0n) is 17.4. The average molecular weight is 481 g/mol. The van der Waals surface area contributed by atoms with Gasteiger partial charge in [0, 0.05) is 39.6 Å². The van der Waals surface area contributed by atoms with Crippen LogP contribution in [0.5, 0.6) is 0 Å². The van der Waals surface area contributed by atoms with Gasteiger partial charge in [-0.3, -0.25) is 14.7 Å². The summed E-state index contributed by atoms with van der Waals surface area (Å²) in [7, 11) is 3.58. The quantitative estimate of drug-likeness (QED) is 0.318. The molecule has 1 saturated heterocycles. The van der Waals surface area contributed by atoms with Crippen molar-refractivity contribution < 1.29 is 4.79 Å². The number of hydrogen-bond acceptors (Lipinski definition) is 3. The van der Waals surface area contributed by atoms with Crippen molar-refractivity contribution >= 4 is 35.8 Å². The van der Waals surface area contributed by atoms with E-state index in [0.29, 0.717) is 24.9 Å². The van der Waals surface area contributed by atoms with Crippen LogP contribution in [0.1, 0.15) is 52.9 Å². The number of nitrogens with one attached hydrogen (secondary N) is 2. The number of carbonyl (C=O) groups is 1. The fourth-order valence-electron chi connectivity index (χ4n) is 3.21. The van der Waals surface area contributed by atoms with E-state index in [1.54, 1.807) is 19.0 Å². The maximum absolute atomic E-state index is 11.7. The zero-order valence-corrected chi connectivity index (χ0v) is 19.7. The molecule has 0 radical (unpaired) electrons. The lowest BCUT2D eigenvalue weighted by molar-refractivity contribution is -0.128. The van der Waals surface area contributed by atoms with Gasteiger partial charge < -0.3 is 15.5 Å². The lowest BCUT2D eigenvalue weighted by atomic mass is 10.0. The van der Waals surface area contributed by atoms with Gasteiger partial charge in [0.2, 0.25) is 5.91 Å². The van der Waals surface area contributed by atoms with Gasteiger partial charge in [-0.1, -0.05) is 26.7 Å². The molecule has 0 aromatic rings. The highest BCUT2D eigenvalue weighted by atomic mass is 127. The number of guanidine groups is 1. The molecular formula is C19H40IN5O. The summed E-state index contributed by atoms with van der Waals surface area (Å²) in [6.07, 6.45) is 5.80. The maximum atomic E-state index is 11.7. The summed E-state index contributed by atoms with van der Waals surface area (Å²) in [6, 6.07) is 0.483. The van der Waals surface area contributed by atoms with Gasteiger partial charge in [0.25, 0.3) is 0 Å². The molecule has 1 aliphatic heterocycles. The predicted molar refractivity (Wildman–Crippen MR) is 121 cm³/mol. The van der Waals surface area contributed by atoms with Crippen LogP contribution < -0.4 is 10.6 Å². The first-order chi connectivity index (χ1) is 12.0. The topological polar surface area (TPSA) is 60.0 Å². The molecule has 0 bridgehead atoms. The molecule has 154 valence electrons. The predicted octanol–water partition coefficient (Wildman–Crippen LogP) is 2.54. The molecule has 1 aliphatic rings. The summed E-state index contributed by atoms with van der Waals surface area (Å²) in [5, 5.41) is 6.58. The van der Waals surface area contributed by atoms with Gasteiger partial charge in [0.1, 0.15) is 0 Å². The monoisotopic (exact) mass is 481 g/mol. The largest absolute Gasteiger partial charge is 0.357 e. The van der Waals surface area contributed by atoms with Crippen LogP contribution >= 0.6 is 24.0 Å². The third-order valence-electron chi connectivity index (χ3n) is 4.79. The van der Waals surface area contributed by atoms with Gasteiger partial charge in [-0.25, -0.2) is 0 Å². The minimum absolute atomic E-state index is 0. The highest BCUT2D eigenvalue weighted by molar-refractivity contribution is 14.0. The van der Waals surface area contributed by atoms with Crippen LogP contribution in [0.25, 0.3) is 0 Å². The second-order valence-corrected chi connectivity index (χ2v) is 7.45. The molecule has 1 amide bonds. The zero-order chi connectivity index (χ0) is 18.7. The fourth-order valence-corrected chi connectivity index (χ4v) is 3.21. The maximum Gasteiger partial charge on any atom is 0.223 e. The van der Waals surface area contributed by atoms with Crippen LogP contribution in [0.2, 0.25) is 0 Å². The first-order valence-electron chi connectivity index (χ1n) is 9.92. The van der Waals surface area contributed by atoms with Gasteiger partial charge in [-0.05, 0) is 38.8 Å². The lowest BCUT2D eigenvalue weighted by Crippen LogP contribution is -2.44. The number of aliphatic imine (C=N–C) groups is 1. The van der Waals surface area contributed by atoms with Crippen molar-refractivity contribution in [1.82, 2.24) is 20.4 Å².